The number of nitrogens with zero attached hydrogens (tertiary/aromatic N) is 1. The second-order valence-corrected chi connectivity index (χ2v) is 5.70. The number of aromatic nitrogens is 1. The Morgan fingerprint density at radius 3 is 2.95 bits per heavy atom. The lowest BCUT2D eigenvalue weighted by Crippen LogP contribution is -2.25. The molecule has 1 unspecified atom stereocenters. The van der Waals surface area contributed by atoms with Crippen LogP contribution in [0.5, 0.6) is 5.75 Å². The molecule has 3 heteroatoms. The predicted molar refractivity (Wildman–Crippen MR) is 84.5 cm³/mol. The van der Waals surface area contributed by atoms with Gasteiger partial charge in [-0.25, -0.2) is 0 Å². The van der Waals surface area contributed by atoms with Crippen LogP contribution in [-0.2, 0) is 13.0 Å². The van der Waals surface area contributed by atoms with E-state index < -0.39 is 0 Å². The summed E-state index contributed by atoms with van der Waals surface area (Å²) in [5, 5.41) is 3.67. The van der Waals surface area contributed by atoms with Gasteiger partial charge in [-0.05, 0) is 61.1 Å². The lowest BCUT2D eigenvalue weighted by Gasteiger charge is -2.27. The first-order chi connectivity index (χ1) is 10.3. The molecule has 1 aliphatic carbocycles. The maximum absolute atomic E-state index is 5.37. The fourth-order valence-corrected chi connectivity index (χ4v) is 2.96. The highest BCUT2D eigenvalue weighted by molar-refractivity contribution is 5.39. The smallest absolute Gasteiger partial charge is 0.119 e. The van der Waals surface area contributed by atoms with E-state index in [1.54, 1.807) is 7.11 Å². The normalized spacial score (nSPS) is 17.3. The Balaban J connectivity index is 1.73. The van der Waals surface area contributed by atoms with Crippen LogP contribution in [0.4, 0.5) is 0 Å². The zero-order chi connectivity index (χ0) is 14.7. The molecule has 0 fully saturated rings. The molecule has 3 rings (SSSR count). The standard InChI is InChI=1S/C18H22N2O/c1-13-6-7-14(11-19-13)12-20-18-5-3-4-15-8-9-16(21-2)10-17(15)18/h6-11,18,20H,3-5,12H2,1-2H3. The summed E-state index contributed by atoms with van der Waals surface area (Å²) in [4.78, 5) is 4.35. The van der Waals surface area contributed by atoms with Gasteiger partial charge in [-0.2, -0.15) is 0 Å². The van der Waals surface area contributed by atoms with Crippen molar-refractivity contribution in [3.05, 3.63) is 58.9 Å². The molecular formula is C18H22N2O. The van der Waals surface area contributed by atoms with Crippen LogP contribution in [0.25, 0.3) is 0 Å². The van der Waals surface area contributed by atoms with Gasteiger partial charge in [0.1, 0.15) is 5.75 Å². The third kappa shape index (κ3) is 3.24. The van der Waals surface area contributed by atoms with Crippen molar-refractivity contribution in [2.75, 3.05) is 7.11 Å². The average molecular weight is 282 g/mol. The molecule has 1 atom stereocenters. The first kappa shape index (κ1) is 14.1. The van der Waals surface area contributed by atoms with E-state index in [-0.39, 0.29) is 0 Å². The summed E-state index contributed by atoms with van der Waals surface area (Å²) in [5.74, 6) is 0.944. The first-order valence-electron chi connectivity index (χ1n) is 7.58. The van der Waals surface area contributed by atoms with Crippen LogP contribution in [0.3, 0.4) is 0 Å². The Morgan fingerprint density at radius 2 is 2.19 bits per heavy atom. The van der Waals surface area contributed by atoms with Crippen LogP contribution in [-0.4, -0.2) is 12.1 Å². The SMILES string of the molecule is COc1ccc2c(c1)C(NCc1ccc(C)nc1)CCC2. The molecule has 0 bridgehead atoms. The second kappa shape index (κ2) is 6.27. The maximum Gasteiger partial charge on any atom is 0.119 e. The van der Waals surface area contributed by atoms with Crippen molar-refractivity contribution in [3.63, 3.8) is 0 Å². The number of aryl methyl sites for hydroxylation is 2. The van der Waals surface area contributed by atoms with E-state index in [0.717, 1.165) is 18.0 Å². The highest BCUT2D eigenvalue weighted by atomic mass is 16.5. The lowest BCUT2D eigenvalue weighted by molar-refractivity contribution is 0.408. The number of rotatable bonds is 4. The van der Waals surface area contributed by atoms with Crippen LogP contribution in [0.2, 0.25) is 0 Å². The van der Waals surface area contributed by atoms with E-state index in [2.05, 4.69) is 40.6 Å². The largest absolute Gasteiger partial charge is 0.497 e. The summed E-state index contributed by atoms with van der Waals surface area (Å²) < 4.78 is 5.37. The molecule has 1 aliphatic rings. The predicted octanol–water partition coefficient (Wildman–Crippen LogP) is 3.57. The molecule has 0 amide bonds. The molecule has 0 radical (unpaired) electrons. The number of benzene rings is 1. The molecule has 1 heterocycles. The highest BCUT2D eigenvalue weighted by Gasteiger charge is 2.20. The van der Waals surface area contributed by atoms with Gasteiger partial charge in [0.15, 0.2) is 0 Å². The summed E-state index contributed by atoms with van der Waals surface area (Å²) in [6.07, 6.45) is 5.55. The molecule has 0 spiro atoms. The molecule has 1 N–H and O–H groups in total. The maximum atomic E-state index is 5.37. The van der Waals surface area contributed by atoms with Crippen molar-refractivity contribution in [2.24, 2.45) is 0 Å². The van der Waals surface area contributed by atoms with Crippen molar-refractivity contribution in [1.29, 1.82) is 0 Å². The van der Waals surface area contributed by atoms with Crippen molar-refractivity contribution in [2.45, 2.75) is 38.8 Å². The van der Waals surface area contributed by atoms with E-state index >= 15 is 0 Å². The van der Waals surface area contributed by atoms with Gasteiger partial charge < -0.3 is 10.1 Å². The van der Waals surface area contributed by atoms with Crippen LogP contribution in [0, 0.1) is 6.92 Å². The van der Waals surface area contributed by atoms with Gasteiger partial charge in [0.25, 0.3) is 0 Å². The van der Waals surface area contributed by atoms with Crippen molar-refractivity contribution in [3.8, 4) is 5.75 Å². The Labute approximate surface area is 126 Å². The zero-order valence-electron chi connectivity index (χ0n) is 12.7. The van der Waals surface area contributed by atoms with Crippen molar-refractivity contribution >= 4 is 0 Å². The molecular weight excluding hydrogens is 260 g/mol. The molecule has 2 aromatic rings. The van der Waals surface area contributed by atoms with Gasteiger partial charge >= 0.3 is 0 Å². The monoisotopic (exact) mass is 282 g/mol. The number of ether oxygens (including phenoxy) is 1. The fraction of sp³-hybridized carbons (Fsp3) is 0.389. The van der Waals surface area contributed by atoms with E-state index in [0.29, 0.717) is 6.04 Å². The van der Waals surface area contributed by atoms with Gasteiger partial charge in [-0.3, -0.25) is 4.98 Å². The van der Waals surface area contributed by atoms with Crippen LogP contribution >= 0.6 is 0 Å². The summed E-state index contributed by atoms with van der Waals surface area (Å²) in [7, 11) is 1.73. The van der Waals surface area contributed by atoms with E-state index in [4.69, 9.17) is 4.74 Å². The minimum absolute atomic E-state index is 0.408. The topological polar surface area (TPSA) is 34.1 Å². The van der Waals surface area contributed by atoms with Gasteiger partial charge in [0.2, 0.25) is 0 Å². The minimum Gasteiger partial charge on any atom is -0.497 e. The molecule has 1 aromatic carbocycles. The van der Waals surface area contributed by atoms with Crippen LogP contribution in [0.1, 0.15) is 41.3 Å². The lowest BCUT2D eigenvalue weighted by atomic mass is 9.87. The molecule has 21 heavy (non-hydrogen) atoms. The van der Waals surface area contributed by atoms with Crippen molar-refractivity contribution in [1.82, 2.24) is 10.3 Å². The molecule has 110 valence electrons. The number of pyridine rings is 1. The minimum atomic E-state index is 0.408. The number of hydrogen-bond acceptors (Lipinski definition) is 3. The number of methoxy groups -OCH3 is 1. The number of nitrogens with one attached hydrogen (secondary N) is 1. The molecule has 0 saturated heterocycles. The summed E-state index contributed by atoms with van der Waals surface area (Å²) in [6.45, 7) is 2.87. The van der Waals surface area contributed by atoms with Gasteiger partial charge in [-0.1, -0.05) is 12.1 Å². The Kier molecular flexibility index (Phi) is 4.20. The molecule has 0 saturated carbocycles. The first-order valence-corrected chi connectivity index (χ1v) is 7.58. The average Bonchev–Trinajstić information content (AvgIpc) is 2.54. The quantitative estimate of drug-likeness (QED) is 0.931. The molecule has 1 aromatic heterocycles. The molecule has 0 aliphatic heterocycles. The number of hydrogen-bond donors (Lipinski definition) is 1. The highest BCUT2D eigenvalue weighted by Crippen LogP contribution is 2.32. The van der Waals surface area contributed by atoms with Crippen LogP contribution in [0.15, 0.2) is 36.5 Å². The second-order valence-electron chi connectivity index (χ2n) is 5.70. The van der Waals surface area contributed by atoms with E-state index in [1.165, 1.54) is 36.0 Å². The summed E-state index contributed by atoms with van der Waals surface area (Å²) in [6, 6.07) is 11.1. The van der Waals surface area contributed by atoms with Gasteiger partial charge in [0.05, 0.1) is 7.11 Å². The summed E-state index contributed by atoms with van der Waals surface area (Å²) in [5.41, 5.74) is 5.13. The Morgan fingerprint density at radius 1 is 1.29 bits per heavy atom. The van der Waals surface area contributed by atoms with E-state index in [9.17, 15) is 0 Å². The van der Waals surface area contributed by atoms with E-state index in [1.807, 2.05) is 13.1 Å². The van der Waals surface area contributed by atoms with Gasteiger partial charge in [-0.15, -0.1) is 0 Å². The Hall–Kier alpha value is -1.87. The fourth-order valence-electron chi connectivity index (χ4n) is 2.96. The molecule has 3 nitrogen and oxygen atoms in total. The van der Waals surface area contributed by atoms with Gasteiger partial charge in [0, 0.05) is 24.5 Å². The van der Waals surface area contributed by atoms with Crippen molar-refractivity contribution < 1.29 is 4.74 Å². The number of fused-ring (bicyclic) bond motifs is 1. The van der Waals surface area contributed by atoms with Crippen LogP contribution < -0.4 is 10.1 Å². The summed E-state index contributed by atoms with van der Waals surface area (Å²) >= 11 is 0. The third-order valence-corrected chi connectivity index (χ3v) is 4.19. The Bertz CT molecular complexity index is 607. The zero-order valence-corrected chi connectivity index (χ0v) is 12.7. The third-order valence-electron chi connectivity index (χ3n) is 4.19.